The highest BCUT2D eigenvalue weighted by Crippen LogP contribution is 2.41. The SMILES string of the molecule is S=c1c2cc3c(cc2c2cc4c5ccccc5n(-c5ccccc5)c4cc2n1-c1ccccc1)c1ccccc1n3-c1nc(-c2ccccc2)nc(-c2ccccc2)n1. The van der Waals surface area contributed by atoms with Crippen molar-refractivity contribution in [2.75, 3.05) is 0 Å². The van der Waals surface area contributed by atoms with Gasteiger partial charge in [0.25, 0.3) is 0 Å². The van der Waals surface area contributed by atoms with Crippen LogP contribution in [0.3, 0.4) is 0 Å². The van der Waals surface area contributed by atoms with E-state index in [0.29, 0.717) is 17.6 Å². The van der Waals surface area contributed by atoms with Gasteiger partial charge in [0, 0.05) is 54.8 Å². The van der Waals surface area contributed by atoms with Crippen molar-refractivity contribution in [1.29, 1.82) is 0 Å². The van der Waals surface area contributed by atoms with E-state index in [1.165, 1.54) is 10.8 Å². The van der Waals surface area contributed by atoms with E-state index in [1.807, 2.05) is 66.7 Å². The second kappa shape index (κ2) is 13.2. The maximum atomic E-state index is 6.60. The lowest BCUT2D eigenvalue weighted by molar-refractivity contribution is 0.953. The second-order valence-corrected chi connectivity index (χ2v) is 15.2. The molecule has 4 heterocycles. The first-order chi connectivity index (χ1) is 29.2. The van der Waals surface area contributed by atoms with E-state index < -0.39 is 0 Å². The largest absolute Gasteiger partial charge is 0.309 e. The van der Waals surface area contributed by atoms with E-state index in [1.54, 1.807) is 0 Å². The normalized spacial score (nSPS) is 11.8. The molecule has 0 aliphatic heterocycles. The van der Waals surface area contributed by atoms with Gasteiger partial charge in [0.05, 0.1) is 27.6 Å². The van der Waals surface area contributed by atoms with Crippen LogP contribution in [0.2, 0.25) is 0 Å². The van der Waals surface area contributed by atoms with Crippen LogP contribution in [0, 0.1) is 4.64 Å². The first kappa shape index (κ1) is 33.4. The summed E-state index contributed by atoms with van der Waals surface area (Å²) in [6, 6.07) is 67.7. The summed E-state index contributed by atoms with van der Waals surface area (Å²) in [6.07, 6.45) is 0. The van der Waals surface area contributed by atoms with Gasteiger partial charge in [-0.15, -0.1) is 0 Å². The first-order valence-corrected chi connectivity index (χ1v) is 20.1. The lowest BCUT2D eigenvalue weighted by Gasteiger charge is -2.17. The van der Waals surface area contributed by atoms with E-state index >= 15 is 0 Å². The fourth-order valence-corrected chi connectivity index (χ4v) is 9.22. The molecule has 0 radical (unpaired) electrons. The molecule has 0 N–H and O–H groups in total. The molecule has 0 aliphatic rings. The van der Waals surface area contributed by atoms with Gasteiger partial charge in [-0.25, -0.2) is 4.98 Å². The number of fused-ring (bicyclic) bond motifs is 9. The molecule has 12 rings (SSSR count). The molecule has 276 valence electrons. The Balaban J connectivity index is 1.22. The molecule has 0 unspecified atom stereocenters. The third kappa shape index (κ3) is 5.18. The maximum Gasteiger partial charge on any atom is 0.238 e. The number of nitrogens with zero attached hydrogens (tertiary/aromatic N) is 6. The van der Waals surface area contributed by atoms with Gasteiger partial charge < -0.3 is 9.13 Å². The fraction of sp³-hybridized carbons (Fsp3) is 0. The third-order valence-electron chi connectivity index (χ3n) is 11.5. The van der Waals surface area contributed by atoms with Crippen LogP contribution in [-0.4, -0.2) is 28.7 Å². The molecule has 0 amide bonds. The van der Waals surface area contributed by atoms with Crippen molar-refractivity contribution in [3.05, 3.63) is 199 Å². The molecule has 7 heteroatoms. The van der Waals surface area contributed by atoms with Crippen molar-refractivity contribution in [3.63, 3.8) is 0 Å². The first-order valence-electron chi connectivity index (χ1n) is 19.7. The maximum absolute atomic E-state index is 6.60. The van der Waals surface area contributed by atoms with Gasteiger partial charge in [0.15, 0.2) is 11.6 Å². The summed E-state index contributed by atoms with van der Waals surface area (Å²) in [5.74, 6) is 1.76. The van der Waals surface area contributed by atoms with Crippen molar-refractivity contribution in [2.24, 2.45) is 0 Å². The molecule has 0 saturated carbocycles. The monoisotopic (exact) mass is 772 g/mol. The van der Waals surface area contributed by atoms with Crippen LogP contribution >= 0.6 is 12.2 Å². The van der Waals surface area contributed by atoms with Crippen molar-refractivity contribution >= 4 is 77.5 Å². The van der Waals surface area contributed by atoms with E-state index in [4.69, 9.17) is 27.2 Å². The number of hydrogen-bond acceptors (Lipinski definition) is 4. The minimum absolute atomic E-state index is 0.543. The molecule has 0 spiro atoms. The summed E-state index contributed by atoms with van der Waals surface area (Å²) in [5.41, 5.74) is 9.25. The van der Waals surface area contributed by atoms with Gasteiger partial charge in [0.2, 0.25) is 5.95 Å². The van der Waals surface area contributed by atoms with Crippen LogP contribution in [0.5, 0.6) is 0 Å². The Kier molecular flexibility index (Phi) is 7.45. The summed E-state index contributed by atoms with van der Waals surface area (Å²) in [7, 11) is 0. The zero-order valence-corrected chi connectivity index (χ0v) is 32.4. The van der Waals surface area contributed by atoms with Gasteiger partial charge in [-0.1, -0.05) is 146 Å². The van der Waals surface area contributed by atoms with Crippen LogP contribution in [0.25, 0.3) is 105 Å². The molecule has 0 fully saturated rings. The summed E-state index contributed by atoms with van der Waals surface area (Å²) < 4.78 is 7.51. The Morgan fingerprint density at radius 1 is 0.305 bits per heavy atom. The lowest BCUT2D eigenvalue weighted by Crippen LogP contribution is -2.06. The molecule has 0 saturated heterocycles. The lowest BCUT2D eigenvalue weighted by atomic mass is 10.0. The quantitative estimate of drug-likeness (QED) is 0.129. The van der Waals surface area contributed by atoms with Gasteiger partial charge in [-0.2, -0.15) is 9.97 Å². The highest BCUT2D eigenvalue weighted by molar-refractivity contribution is 7.71. The van der Waals surface area contributed by atoms with E-state index in [2.05, 4.69) is 141 Å². The predicted molar refractivity (Wildman–Crippen MR) is 245 cm³/mol. The van der Waals surface area contributed by atoms with Crippen molar-refractivity contribution < 1.29 is 0 Å². The molecule has 6 nitrogen and oxygen atoms in total. The Hall–Kier alpha value is -7.74. The van der Waals surface area contributed by atoms with Crippen molar-refractivity contribution in [3.8, 4) is 40.1 Å². The van der Waals surface area contributed by atoms with Gasteiger partial charge in [-0.3, -0.25) is 4.57 Å². The summed E-state index contributed by atoms with van der Waals surface area (Å²) in [6.45, 7) is 0. The Morgan fingerprint density at radius 2 is 0.729 bits per heavy atom. The minimum Gasteiger partial charge on any atom is -0.309 e. The molecular weight excluding hydrogens is 741 g/mol. The van der Waals surface area contributed by atoms with E-state index in [-0.39, 0.29) is 0 Å². The molecule has 0 aliphatic carbocycles. The van der Waals surface area contributed by atoms with Gasteiger partial charge in [0.1, 0.15) is 4.64 Å². The van der Waals surface area contributed by atoms with Gasteiger partial charge >= 0.3 is 0 Å². The summed E-state index contributed by atoms with van der Waals surface area (Å²) in [4.78, 5) is 15.4. The van der Waals surface area contributed by atoms with Crippen molar-refractivity contribution in [1.82, 2.24) is 28.7 Å². The fourth-order valence-electron chi connectivity index (χ4n) is 8.85. The van der Waals surface area contributed by atoms with Gasteiger partial charge in [-0.05, 0) is 66.0 Å². The highest BCUT2D eigenvalue weighted by atomic mass is 32.1. The van der Waals surface area contributed by atoms with Crippen LogP contribution in [-0.2, 0) is 0 Å². The molecule has 4 aromatic heterocycles. The van der Waals surface area contributed by atoms with Crippen LogP contribution in [0.15, 0.2) is 194 Å². The number of aromatic nitrogens is 6. The zero-order valence-electron chi connectivity index (χ0n) is 31.6. The molecule has 0 atom stereocenters. The Labute approximate surface area is 343 Å². The summed E-state index contributed by atoms with van der Waals surface area (Å²) in [5, 5.41) is 7.77. The number of hydrogen-bond donors (Lipinski definition) is 0. The van der Waals surface area contributed by atoms with Crippen LogP contribution in [0.4, 0.5) is 0 Å². The smallest absolute Gasteiger partial charge is 0.238 e. The Morgan fingerprint density at radius 3 is 1.31 bits per heavy atom. The second-order valence-electron chi connectivity index (χ2n) is 14.8. The third-order valence-corrected chi connectivity index (χ3v) is 11.9. The average Bonchev–Trinajstić information content (AvgIpc) is 3.81. The zero-order chi connectivity index (χ0) is 39.0. The summed E-state index contributed by atoms with van der Waals surface area (Å²) >= 11 is 6.60. The van der Waals surface area contributed by atoms with E-state index in [0.717, 1.165) is 81.7 Å². The predicted octanol–water partition coefficient (Wildman–Crippen LogP) is 13.2. The standard InChI is InChI=1S/C52H32N6S/c59-51-43-31-46-40(38-26-14-16-28-45(38)58(46)52-54-49(33-17-5-1-6-18-33)53-50(55-52)34-19-7-2-8-20-34)29-39(43)42-30-41-37-25-13-15-27-44(37)56(35-21-9-3-10-22-35)47(41)32-48(42)57(51)36-23-11-4-12-24-36/h1-32H. The molecule has 8 aromatic carbocycles. The van der Waals surface area contributed by atoms with E-state index in [9.17, 15) is 0 Å². The minimum atomic E-state index is 0.543. The average molecular weight is 773 g/mol. The molecule has 59 heavy (non-hydrogen) atoms. The Bertz CT molecular complexity index is 3610. The topological polar surface area (TPSA) is 53.5 Å². The van der Waals surface area contributed by atoms with Crippen LogP contribution < -0.4 is 0 Å². The van der Waals surface area contributed by atoms with Crippen LogP contribution in [0.1, 0.15) is 0 Å². The van der Waals surface area contributed by atoms with Crippen molar-refractivity contribution in [2.45, 2.75) is 0 Å². The number of pyridine rings is 1. The number of para-hydroxylation sites is 4. The highest BCUT2D eigenvalue weighted by Gasteiger charge is 2.22. The molecule has 0 bridgehead atoms. The molecular formula is C52H32N6S. The molecule has 12 aromatic rings. The number of benzene rings is 8. The number of rotatable bonds is 5.